The van der Waals surface area contributed by atoms with Crippen molar-refractivity contribution in [1.29, 1.82) is 0 Å². The van der Waals surface area contributed by atoms with Crippen molar-refractivity contribution in [2.75, 3.05) is 35.8 Å². The Labute approximate surface area is 128 Å². The molecule has 1 aliphatic heterocycles. The standard InChI is InChI=1S/C11H17ClN4O2S2/c1-20(17,18)8-7-19-11-14-9(12)13-10(15-11)16-5-3-2-4-6-16/h2-8H2,1H3. The van der Waals surface area contributed by atoms with Crippen molar-refractivity contribution >= 4 is 39.1 Å². The third-order valence-corrected chi connectivity index (χ3v) is 5.12. The van der Waals surface area contributed by atoms with Gasteiger partial charge in [-0.05, 0) is 30.9 Å². The van der Waals surface area contributed by atoms with Crippen LogP contribution in [0.25, 0.3) is 0 Å². The maximum Gasteiger partial charge on any atom is 0.230 e. The van der Waals surface area contributed by atoms with Crippen LogP contribution in [0, 0.1) is 0 Å². The fourth-order valence-electron chi connectivity index (χ4n) is 1.91. The molecule has 0 amide bonds. The molecule has 2 heterocycles. The van der Waals surface area contributed by atoms with Crippen LogP contribution in [0.3, 0.4) is 0 Å². The molecule has 1 fully saturated rings. The van der Waals surface area contributed by atoms with Crippen molar-refractivity contribution in [3.05, 3.63) is 5.28 Å². The maximum atomic E-state index is 11.1. The van der Waals surface area contributed by atoms with Gasteiger partial charge in [0, 0.05) is 25.1 Å². The highest BCUT2D eigenvalue weighted by Crippen LogP contribution is 2.21. The highest BCUT2D eigenvalue weighted by Gasteiger charge is 2.16. The first-order valence-electron chi connectivity index (χ1n) is 6.41. The van der Waals surface area contributed by atoms with Crippen molar-refractivity contribution in [2.24, 2.45) is 0 Å². The maximum absolute atomic E-state index is 11.1. The molecule has 9 heteroatoms. The predicted octanol–water partition coefficient (Wildman–Crippen LogP) is 1.65. The van der Waals surface area contributed by atoms with Gasteiger partial charge in [0.15, 0.2) is 5.16 Å². The smallest absolute Gasteiger partial charge is 0.230 e. The van der Waals surface area contributed by atoms with Crippen LogP contribution in [0.1, 0.15) is 19.3 Å². The first-order chi connectivity index (χ1) is 9.44. The predicted molar refractivity (Wildman–Crippen MR) is 81.3 cm³/mol. The molecule has 6 nitrogen and oxygen atoms in total. The molecule has 0 radical (unpaired) electrons. The fourth-order valence-corrected chi connectivity index (χ4v) is 4.14. The van der Waals surface area contributed by atoms with Crippen LogP contribution in [-0.4, -0.2) is 54.2 Å². The summed E-state index contributed by atoms with van der Waals surface area (Å²) in [5.74, 6) is 1.10. The second-order valence-electron chi connectivity index (χ2n) is 4.71. The van der Waals surface area contributed by atoms with Crippen LogP contribution in [0.2, 0.25) is 5.28 Å². The van der Waals surface area contributed by atoms with Crippen molar-refractivity contribution in [3.63, 3.8) is 0 Å². The van der Waals surface area contributed by atoms with Gasteiger partial charge in [0.05, 0.1) is 5.75 Å². The summed E-state index contributed by atoms with van der Waals surface area (Å²) in [6, 6.07) is 0. The fraction of sp³-hybridized carbons (Fsp3) is 0.727. The Balaban J connectivity index is 2.04. The van der Waals surface area contributed by atoms with E-state index in [1.165, 1.54) is 24.4 Å². The molecule has 0 saturated carbocycles. The normalized spacial score (nSPS) is 16.4. The third-order valence-electron chi connectivity index (χ3n) is 2.90. The number of piperidine rings is 1. The summed E-state index contributed by atoms with van der Waals surface area (Å²) in [5, 5.41) is 0.636. The van der Waals surface area contributed by atoms with E-state index in [2.05, 4.69) is 19.9 Å². The van der Waals surface area contributed by atoms with Gasteiger partial charge in [0.25, 0.3) is 0 Å². The molecule has 0 N–H and O–H groups in total. The van der Waals surface area contributed by atoms with Gasteiger partial charge >= 0.3 is 0 Å². The van der Waals surface area contributed by atoms with Gasteiger partial charge in [-0.1, -0.05) is 11.8 Å². The second-order valence-corrected chi connectivity index (χ2v) is 8.37. The lowest BCUT2D eigenvalue weighted by Crippen LogP contribution is -2.31. The minimum Gasteiger partial charge on any atom is -0.341 e. The van der Waals surface area contributed by atoms with Gasteiger partial charge in [0.1, 0.15) is 9.84 Å². The van der Waals surface area contributed by atoms with E-state index in [1.807, 2.05) is 0 Å². The third kappa shape index (κ3) is 5.06. The Bertz CT molecular complexity index is 562. The van der Waals surface area contributed by atoms with Gasteiger partial charge in [-0.15, -0.1) is 0 Å². The minimum absolute atomic E-state index is 0.0972. The first kappa shape index (κ1) is 15.8. The molecule has 0 atom stereocenters. The molecular weight excluding hydrogens is 320 g/mol. The Hall–Kier alpha value is -0.600. The molecule has 0 spiro atoms. The van der Waals surface area contributed by atoms with E-state index in [0.29, 0.717) is 16.9 Å². The first-order valence-corrected chi connectivity index (χ1v) is 9.83. The SMILES string of the molecule is CS(=O)(=O)CCSc1nc(Cl)nc(N2CCCCC2)n1. The van der Waals surface area contributed by atoms with Crippen LogP contribution in [0.4, 0.5) is 5.95 Å². The van der Waals surface area contributed by atoms with E-state index in [1.54, 1.807) is 0 Å². The molecule has 0 bridgehead atoms. The Morgan fingerprint density at radius 1 is 1.20 bits per heavy atom. The molecule has 1 aromatic rings. The summed E-state index contributed by atoms with van der Waals surface area (Å²) in [6.45, 7) is 1.85. The second kappa shape index (κ2) is 6.91. The monoisotopic (exact) mass is 336 g/mol. The molecule has 1 saturated heterocycles. The molecule has 0 unspecified atom stereocenters. The molecule has 112 valence electrons. The van der Waals surface area contributed by atoms with Gasteiger partial charge < -0.3 is 4.90 Å². The number of rotatable bonds is 5. The van der Waals surface area contributed by atoms with E-state index in [-0.39, 0.29) is 11.0 Å². The van der Waals surface area contributed by atoms with Gasteiger partial charge in [-0.25, -0.2) is 8.42 Å². The minimum atomic E-state index is -2.97. The summed E-state index contributed by atoms with van der Waals surface area (Å²) >= 11 is 7.20. The average Bonchev–Trinajstić information content (AvgIpc) is 2.37. The van der Waals surface area contributed by atoms with Crippen molar-refractivity contribution in [3.8, 4) is 0 Å². The van der Waals surface area contributed by atoms with Crippen molar-refractivity contribution < 1.29 is 8.42 Å². The van der Waals surface area contributed by atoms with Gasteiger partial charge in [-0.2, -0.15) is 15.0 Å². The molecule has 0 aromatic carbocycles. The summed E-state index contributed by atoms with van der Waals surface area (Å²) in [4.78, 5) is 14.6. The lowest BCUT2D eigenvalue weighted by Gasteiger charge is -2.26. The van der Waals surface area contributed by atoms with Crippen LogP contribution < -0.4 is 4.90 Å². The van der Waals surface area contributed by atoms with E-state index in [0.717, 1.165) is 25.9 Å². The number of anilines is 1. The van der Waals surface area contributed by atoms with E-state index in [9.17, 15) is 8.42 Å². The Morgan fingerprint density at radius 2 is 1.90 bits per heavy atom. The van der Waals surface area contributed by atoms with E-state index >= 15 is 0 Å². The highest BCUT2D eigenvalue weighted by atomic mass is 35.5. The number of halogens is 1. The zero-order chi connectivity index (χ0) is 14.6. The average molecular weight is 337 g/mol. The van der Waals surface area contributed by atoms with Crippen molar-refractivity contribution in [2.45, 2.75) is 24.4 Å². The molecule has 1 aliphatic rings. The zero-order valence-corrected chi connectivity index (χ0v) is 13.6. The van der Waals surface area contributed by atoms with Crippen LogP contribution in [0.15, 0.2) is 5.16 Å². The highest BCUT2D eigenvalue weighted by molar-refractivity contribution is 8.00. The number of hydrogen-bond acceptors (Lipinski definition) is 7. The number of thioether (sulfide) groups is 1. The molecular formula is C11H17ClN4O2S2. The molecule has 1 aromatic heterocycles. The largest absolute Gasteiger partial charge is 0.341 e. The summed E-state index contributed by atoms with van der Waals surface area (Å²) < 4.78 is 22.2. The lowest BCUT2D eigenvalue weighted by atomic mass is 10.1. The number of aromatic nitrogens is 3. The summed E-state index contributed by atoms with van der Waals surface area (Å²) in [5.41, 5.74) is 0. The molecule has 0 aliphatic carbocycles. The van der Waals surface area contributed by atoms with Crippen LogP contribution >= 0.6 is 23.4 Å². The number of nitrogens with zero attached hydrogens (tertiary/aromatic N) is 4. The quantitative estimate of drug-likeness (QED) is 0.757. The zero-order valence-electron chi connectivity index (χ0n) is 11.2. The Kier molecular flexibility index (Phi) is 5.45. The molecule has 2 rings (SSSR count). The Morgan fingerprint density at radius 3 is 2.55 bits per heavy atom. The van der Waals surface area contributed by atoms with Gasteiger partial charge in [-0.3, -0.25) is 0 Å². The topological polar surface area (TPSA) is 76.1 Å². The van der Waals surface area contributed by atoms with Gasteiger partial charge in [0.2, 0.25) is 11.2 Å². The van der Waals surface area contributed by atoms with Crippen molar-refractivity contribution in [1.82, 2.24) is 15.0 Å². The van der Waals surface area contributed by atoms with Crippen LogP contribution in [0.5, 0.6) is 0 Å². The van der Waals surface area contributed by atoms with E-state index < -0.39 is 9.84 Å². The van der Waals surface area contributed by atoms with Crippen LogP contribution in [-0.2, 0) is 9.84 Å². The molecule has 20 heavy (non-hydrogen) atoms. The number of hydrogen-bond donors (Lipinski definition) is 0. The summed E-state index contributed by atoms with van der Waals surface area (Å²) in [7, 11) is -2.97. The van der Waals surface area contributed by atoms with E-state index in [4.69, 9.17) is 11.6 Å². The summed E-state index contributed by atoms with van der Waals surface area (Å²) in [6.07, 6.45) is 4.69. The number of sulfone groups is 1. The lowest BCUT2D eigenvalue weighted by molar-refractivity contribution is 0.564.